The molecule has 0 aromatic heterocycles. The van der Waals surface area contributed by atoms with Crippen LogP contribution >= 0.6 is 0 Å². The van der Waals surface area contributed by atoms with Crippen molar-refractivity contribution in [1.82, 2.24) is 0 Å². The highest BCUT2D eigenvalue weighted by atomic mass is 16.3. The average molecular weight is 445 g/mol. The summed E-state index contributed by atoms with van der Waals surface area (Å²) in [5.74, 6) is 3.29. The van der Waals surface area contributed by atoms with Crippen LogP contribution in [0.4, 0.5) is 0 Å². The number of aliphatic hydroxyl groups is 2. The summed E-state index contributed by atoms with van der Waals surface area (Å²) in [5, 5.41) is 22.1. The van der Waals surface area contributed by atoms with Gasteiger partial charge in [0.05, 0.1) is 11.7 Å². The van der Waals surface area contributed by atoms with Gasteiger partial charge in [-0.3, -0.25) is 0 Å². The lowest BCUT2D eigenvalue weighted by atomic mass is 9.32. The lowest BCUT2D eigenvalue weighted by molar-refractivity contribution is -0.250. The lowest BCUT2D eigenvalue weighted by Crippen LogP contribution is -2.66. The van der Waals surface area contributed by atoms with Gasteiger partial charge in [-0.25, -0.2) is 0 Å². The van der Waals surface area contributed by atoms with Crippen LogP contribution in [0, 0.1) is 56.7 Å². The molecule has 2 nitrogen and oxygen atoms in total. The van der Waals surface area contributed by atoms with E-state index in [0.717, 1.165) is 18.3 Å². The van der Waals surface area contributed by atoms with E-state index in [4.69, 9.17) is 0 Å². The van der Waals surface area contributed by atoms with Crippen LogP contribution in [-0.4, -0.2) is 21.9 Å². The van der Waals surface area contributed by atoms with Crippen LogP contribution in [0.5, 0.6) is 0 Å². The summed E-state index contributed by atoms with van der Waals surface area (Å²) in [6.45, 7) is 19.5. The highest BCUT2D eigenvalue weighted by molar-refractivity contribution is 5.19. The minimum absolute atomic E-state index is 0.0364. The largest absolute Gasteiger partial charge is 0.393 e. The molecule has 5 aliphatic carbocycles. The van der Waals surface area contributed by atoms with Gasteiger partial charge < -0.3 is 10.2 Å². The zero-order valence-electron chi connectivity index (χ0n) is 22.4. The van der Waals surface area contributed by atoms with Gasteiger partial charge in [-0.05, 0) is 135 Å². The first-order valence-corrected chi connectivity index (χ1v) is 14.0. The first kappa shape index (κ1) is 23.7. The lowest BCUT2D eigenvalue weighted by Gasteiger charge is -2.73. The molecule has 0 aromatic rings. The quantitative estimate of drug-likeness (QED) is 0.448. The first-order valence-electron chi connectivity index (χ1n) is 14.0. The molecule has 0 unspecified atom stereocenters. The molecular formula is C30H52O2. The zero-order chi connectivity index (χ0) is 23.5. The van der Waals surface area contributed by atoms with Crippen LogP contribution in [0.1, 0.15) is 120 Å². The third-order valence-electron chi connectivity index (χ3n) is 13.7. The fourth-order valence-electron chi connectivity index (χ4n) is 11.7. The van der Waals surface area contributed by atoms with E-state index in [1.54, 1.807) is 0 Å². The number of rotatable bonds is 1. The maximum Gasteiger partial charge on any atom is 0.0622 e. The number of hydrogen-bond donors (Lipinski definition) is 2. The monoisotopic (exact) mass is 444 g/mol. The normalized spacial score (nSPS) is 57.2. The number of hydrogen-bond acceptors (Lipinski definition) is 2. The van der Waals surface area contributed by atoms with Crippen molar-refractivity contribution in [2.75, 3.05) is 0 Å². The molecule has 32 heavy (non-hydrogen) atoms. The summed E-state index contributed by atoms with van der Waals surface area (Å²) in [4.78, 5) is 0. The van der Waals surface area contributed by atoms with Gasteiger partial charge in [0.15, 0.2) is 0 Å². The van der Waals surface area contributed by atoms with Gasteiger partial charge in [0.25, 0.3) is 0 Å². The summed E-state index contributed by atoms with van der Waals surface area (Å²) in [6.07, 6.45) is 12.6. The third-order valence-corrected chi connectivity index (χ3v) is 13.7. The van der Waals surface area contributed by atoms with Crippen molar-refractivity contribution in [3.05, 3.63) is 0 Å². The Morgan fingerprint density at radius 2 is 1.38 bits per heavy atom. The molecular weight excluding hydrogens is 392 g/mol. The van der Waals surface area contributed by atoms with E-state index in [2.05, 4.69) is 55.4 Å². The third kappa shape index (κ3) is 2.78. The fourth-order valence-corrected chi connectivity index (χ4v) is 11.7. The maximum absolute atomic E-state index is 11.2. The van der Waals surface area contributed by atoms with Crippen molar-refractivity contribution >= 4 is 0 Å². The Balaban J connectivity index is 1.54. The maximum atomic E-state index is 11.2. The van der Waals surface area contributed by atoms with E-state index in [1.165, 1.54) is 57.8 Å². The summed E-state index contributed by atoms with van der Waals surface area (Å²) in [6, 6.07) is 0. The predicted octanol–water partition coefficient (Wildman–Crippen LogP) is 7.22. The molecule has 2 heteroatoms. The van der Waals surface area contributed by atoms with Crippen molar-refractivity contribution < 1.29 is 10.2 Å². The molecule has 10 atom stereocenters. The summed E-state index contributed by atoms with van der Waals surface area (Å²) in [7, 11) is 0. The second kappa shape index (κ2) is 6.77. The predicted molar refractivity (Wildman–Crippen MR) is 132 cm³/mol. The van der Waals surface area contributed by atoms with Crippen LogP contribution in [0.3, 0.4) is 0 Å². The molecule has 0 spiro atoms. The molecule has 0 amide bonds. The Kier molecular flexibility index (Phi) is 5.01. The van der Waals surface area contributed by atoms with Gasteiger partial charge in [-0.2, -0.15) is 0 Å². The Hall–Kier alpha value is -0.0800. The zero-order valence-corrected chi connectivity index (χ0v) is 22.4. The van der Waals surface area contributed by atoms with Gasteiger partial charge in [-0.1, -0.05) is 41.5 Å². The van der Waals surface area contributed by atoms with Gasteiger partial charge in [0.2, 0.25) is 0 Å². The van der Waals surface area contributed by atoms with Crippen LogP contribution in [0.2, 0.25) is 0 Å². The van der Waals surface area contributed by atoms with Crippen molar-refractivity contribution in [1.29, 1.82) is 0 Å². The minimum atomic E-state index is -0.564. The molecule has 5 rings (SSSR count). The van der Waals surface area contributed by atoms with Gasteiger partial charge in [0.1, 0.15) is 0 Å². The molecule has 184 valence electrons. The van der Waals surface area contributed by atoms with Crippen molar-refractivity contribution in [3.8, 4) is 0 Å². The van der Waals surface area contributed by atoms with Crippen LogP contribution < -0.4 is 0 Å². The first-order chi connectivity index (χ1) is 14.6. The summed E-state index contributed by atoms with van der Waals surface area (Å²) < 4.78 is 0. The van der Waals surface area contributed by atoms with E-state index in [0.29, 0.717) is 39.4 Å². The Labute approximate surface area is 198 Å². The van der Waals surface area contributed by atoms with Gasteiger partial charge >= 0.3 is 0 Å². The minimum Gasteiger partial charge on any atom is -0.393 e. The van der Waals surface area contributed by atoms with Crippen LogP contribution in [0.15, 0.2) is 0 Å². The van der Waals surface area contributed by atoms with Crippen LogP contribution in [0.25, 0.3) is 0 Å². The molecule has 0 aliphatic heterocycles. The van der Waals surface area contributed by atoms with Crippen molar-refractivity contribution in [3.63, 3.8) is 0 Å². The Bertz CT molecular complexity index is 765. The second-order valence-corrected chi connectivity index (χ2v) is 15.5. The van der Waals surface area contributed by atoms with E-state index in [1.807, 2.05) is 0 Å². The fraction of sp³-hybridized carbons (Fsp3) is 1.00. The second-order valence-electron chi connectivity index (χ2n) is 15.5. The SMILES string of the molecule is CC(C)(O)[C@@H]1CC[C@@]2(C)CC[C@@]3(C)[C@@H](CC[C@H]4[C@]5(C)CC[C@H](O)C(C)(C)[C@H]5CC[C@@]43C)[C@@H]12. The molecule has 0 radical (unpaired) electrons. The van der Waals surface area contributed by atoms with Crippen molar-refractivity contribution in [2.24, 2.45) is 56.7 Å². The molecule has 5 fully saturated rings. The molecule has 0 heterocycles. The van der Waals surface area contributed by atoms with E-state index in [-0.39, 0.29) is 11.5 Å². The molecule has 2 N–H and O–H groups in total. The molecule has 5 saturated carbocycles. The van der Waals surface area contributed by atoms with E-state index < -0.39 is 5.60 Å². The van der Waals surface area contributed by atoms with Gasteiger partial charge in [0, 0.05) is 0 Å². The van der Waals surface area contributed by atoms with E-state index in [9.17, 15) is 10.2 Å². The Morgan fingerprint density at radius 1 is 0.688 bits per heavy atom. The summed E-state index contributed by atoms with van der Waals surface area (Å²) >= 11 is 0. The number of aliphatic hydroxyl groups excluding tert-OH is 1. The average Bonchev–Trinajstić information content (AvgIpc) is 3.04. The van der Waals surface area contributed by atoms with Gasteiger partial charge in [-0.15, -0.1) is 0 Å². The van der Waals surface area contributed by atoms with Crippen molar-refractivity contribution in [2.45, 2.75) is 131 Å². The highest BCUT2D eigenvalue weighted by Crippen LogP contribution is 2.77. The highest BCUT2D eigenvalue weighted by Gasteiger charge is 2.70. The topological polar surface area (TPSA) is 40.5 Å². The molecule has 0 saturated heterocycles. The summed E-state index contributed by atoms with van der Waals surface area (Å²) in [5.41, 5.74) is 1.02. The molecule has 0 bridgehead atoms. The Morgan fingerprint density at radius 3 is 2.03 bits per heavy atom. The van der Waals surface area contributed by atoms with Crippen LogP contribution in [-0.2, 0) is 0 Å². The standard InChI is InChI=1S/C30H52O2/c1-25(2)21-12-16-30(8)22(28(21,6)15-13-23(25)31)10-9-20-24-19(26(3,4)32)11-14-27(24,5)17-18-29(20,30)7/h19-24,31-32H,9-18H2,1-8H3/t19-,20+,21-,22+,23+,24-,27+,28-,29+,30+/m1/s1. The molecule has 0 aromatic carbocycles. The van der Waals surface area contributed by atoms with E-state index >= 15 is 0 Å². The smallest absolute Gasteiger partial charge is 0.0622 e. The number of fused-ring (bicyclic) bond motifs is 7. The molecule has 5 aliphatic rings.